The number of benzene rings is 1. The van der Waals surface area contributed by atoms with E-state index in [-0.39, 0.29) is 0 Å². The average molecular weight is 292 g/mol. The Morgan fingerprint density at radius 3 is 2.40 bits per heavy atom. The Hall–Kier alpha value is -0.470. The Bertz CT molecular complexity index is 432. The van der Waals surface area contributed by atoms with Gasteiger partial charge in [0.1, 0.15) is 0 Å². The Kier molecular flexibility index (Phi) is 5.57. The summed E-state index contributed by atoms with van der Waals surface area (Å²) in [5.41, 5.74) is 5.73. The summed E-state index contributed by atoms with van der Waals surface area (Å²) in [6, 6.07) is 5.77. The molecule has 1 N–H and O–H groups in total. The molecule has 3 unspecified atom stereocenters. The van der Waals surface area contributed by atoms with E-state index in [4.69, 9.17) is 0 Å². The molecule has 1 aliphatic carbocycles. The minimum atomic E-state index is 0.459. The maximum atomic E-state index is 3.89. The lowest BCUT2D eigenvalue weighted by Crippen LogP contribution is -2.37. The molecule has 2 heteroatoms. The van der Waals surface area contributed by atoms with E-state index in [9.17, 15) is 0 Å². The minimum Gasteiger partial charge on any atom is -0.307 e. The van der Waals surface area contributed by atoms with Crippen molar-refractivity contribution in [2.45, 2.75) is 70.7 Å². The van der Waals surface area contributed by atoms with E-state index in [2.05, 4.69) is 51.4 Å². The van der Waals surface area contributed by atoms with Gasteiger partial charge in [-0.25, -0.2) is 0 Å². The SMILES string of the molecule is CSC1CCCC(NC(C)c2c(C)cc(C)cc2C)C1. The van der Waals surface area contributed by atoms with E-state index < -0.39 is 0 Å². The smallest absolute Gasteiger partial charge is 0.0299 e. The van der Waals surface area contributed by atoms with Crippen LogP contribution in [0.25, 0.3) is 0 Å². The molecule has 1 aromatic carbocycles. The normalized spacial score (nSPS) is 24.6. The predicted octanol–water partition coefficient (Wildman–Crippen LogP) is 4.94. The lowest BCUT2D eigenvalue weighted by Gasteiger charge is -2.32. The summed E-state index contributed by atoms with van der Waals surface area (Å²) in [5.74, 6) is 0. The molecule has 0 saturated heterocycles. The number of thioether (sulfide) groups is 1. The monoisotopic (exact) mass is 291 g/mol. The molecule has 112 valence electrons. The highest BCUT2D eigenvalue weighted by Crippen LogP contribution is 2.30. The third-order valence-corrected chi connectivity index (χ3v) is 5.71. The molecule has 0 bridgehead atoms. The minimum absolute atomic E-state index is 0.459. The quantitative estimate of drug-likeness (QED) is 0.843. The van der Waals surface area contributed by atoms with Gasteiger partial charge in [0.05, 0.1) is 0 Å². The second-order valence-corrected chi connectivity index (χ2v) is 7.56. The van der Waals surface area contributed by atoms with Gasteiger partial charge in [-0.3, -0.25) is 0 Å². The molecule has 2 rings (SSSR count). The highest BCUT2D eigenvalue weighted by molar-refractivity contribution is 7.99. The zero-order chi connectivity index (χ0) is 14.7. The van der Waals surface area contributed by atoms with Crippen molar-refractivity contribution in [2.75, 3.05) is 6.26 Å². The Morgan fingerprint density at radius 2 is 1.80 bits per heavy atom. The fourth-order valence-corrected chi connectivity index (χ4v) is 4.65. The van der Waals surface area contributed by atoms with Gasteiger partial charge < -0.3 is 5.32 Å². The van der Waals surface area contributed by atoms with Gasteiger partial charge in [0.15, 0.2) is 0 Å². The van der Waals surface area contributed by atoms with Crippen molar-refractivity contribution in [2.24, 2.45) is 0 Å². The van der Waals surface area contributed by atoms with Crippen molar-refractivity contribution in [3.8, 4) is 0 Å². The maximum Gasteiger partial charge on any atom is 0.0299 e. The number of nitrogens with one attached hydrogen (secondary N) is 1. The van der Waals surface area contributed by atoms with Gasteiger partial charge in [0, 0.05) is 17.3 Å². The third kappa shape index (κ3) is 3.79. The van der Waals surface area contributed by atoms with Crippen LogP contribution in [-0.2, 0) is 0 Å². The summed E-state index contributed by atoms with van der Waals surface area (Å²) >= 11 is 2.04. The van der Waals surface area contributed by atoms with Crippen LogP contribution in [0.4, 0.5) is 0 Å². The molecule has 1 aromatic rings. The van der Waals surface area contributed by atoms with E-state index in [0.717, 1.165) is 5.25 Å². The second-order valence-electron chi connectivity index (χ2n) is 6.42. The summed E-state index contributed by atoms with van der Waals surface area (Å²) in [7, 11) is 0. The molecular weight excluding hydrogens is 262 g/mol. The first-order chi connectivity index (χ1) is 9.51. The second kappa shape index (κ2) is 7.00. The number of rotatable bonds is 4. The first-order valence-electron chi connectivity index (χ1n) is 7.88. The molecule has 1 fully saturated rings. The van der Waals surface area contributed by atoms with Crippen LogP contribution in [0.15, 0.2) is 12.1 Å². The average Bonchev–Trinajstić information content (AvgIpc) is 2.37. The van der Waals surface area contributed by atoms with Crippen LogP contribution < -0.4 is 5.32 Å². The zero-order valence-corrected chi connectivity index (χ0v) is 14.4. The lowest BCUT2D eigenvalue weighted by atomic mass is 9.91. The van der Waals surface area contributed by atoms with Crippen LogP contribution in [0.3, 0.4) is 0 Å². The molecule has 1 nitrogen and oxygen atoms in total. The predicted molar refractivity (Wildman–Crippen MR) is 91.8 cm³/mol. The molecule has 0 amide bonds. The fraction of sp³-hybridized carbons (Fsp3) is 0.667. The summed E-state index contributed by atoms with van der Waals surface area (Å²) in [6.45, 7) is 9.01. The number of hydrogen-bond donors (Lipinski definition) is 1. The maximum absolute atomic E-state index is 3.89. The summed E-state index contributed by atoms with van der Waals surface area (Å²) < 4.78 is 0. The molecule has 0 spiro atoms. The first-order valence-corrected chi connectivity index (χ1v) is 9.16. The van der Waals surface area contributed by atoms with Crippen LogP contribution in [0.1, 0.15) is 60.9 Å². The molecule has 20 heavy (non-hydrogen) atoms. The first kappa shape index (κ1) is 15.9. The van der Waals surface area contributed by atoms with E-state index >= 15 is 0 Å². The van der Waals surface area contributed by atoms with Crippen molar-refractivity contribution in [3.05, 3.63) is 34.4 Å². The van der Waals surface area contributed by atoms with Gasteiger partial charge >= 0.3 is 0 Å². The topological polar surface area (TPSA) is 12.0 Å². The summed E-state index contributed by atoms with van der Waals surface area (Å²) in [4.78, 5) is 0. The van der Waals surface area contributed by atoms with E-state index in [1.54, 1.807) is 0 Å². The van der Waals surface area contributed by atoms with Gasteiger partial charge in [0.25, 0.3) is 0 Å². The molecule has 0 radical (unpaired) electrons. The highest BCUT2D eigenvalue weighted by atomic mass is 32.2. The van der Waals surface area contributed by atoms with Gasteiger partial charge in [-0.1, -0.05) is 24.1 Å². The van der Waals surface area contributed by atoms with Gasteiger partial charge in [-0.2, -0.15) is 11.8 Å². The highest BCUT2D eigenvalue weighted by Gasteiger charge is 2.23. The fourth-order valence-electron chi connectivity index (χ4n) is 3.82. The molecule has 1 aliphatic rings. The lowest BCUT2D eigenvalue weighted by molar-refractivity contribution is 0.352. The van der Waals surface area contributed by atoms with Gasteiger partial charge in [-0.15, -0.1) is 0 Å². The third-order valence-electron chi connectivity index (χ3n) is 4.62. The molecular formula is C18H29NS. The van der Waals surface area contributed by atoms with Gasteiger partial charge in [-0.05, 0) is 69.9 Å². The van der Waals surface area contributed by atoms with E-state index in [1.807, 2.05) is 11.8 Å². The summed E-state index contributed by atoms with van der Waals surface area (Å²) in [6.07, 6.45) is 7.70. The zero-order valence-electron chi connectivity index (χ0n) is 13.6. The van der Waals surface area contributed by atoms with E-state index in [0.29, 0.717) is 12.1 Å². The summed E-state index contributed by atoms with van der Waals surface area (Å²) in [5, 5.41) is 4.74. The Balaban J connectivity index is 2.06. The largest absolute Gasteiger partial charge is 0.307 e. The van der Waals surface area contributed by atoms with Crippen LogP contribution in [0, 0.1) is 20.8 Å². The number of aryl methyl sites for hydroxylation is 3. The van der Waals surface area contributed by atoms with Gasteiger partial charge in [0.2, 0.25) is 0 Å². The van der Waals surface area contributed by atoms with Crippen LogP contribution in [0.5, 0.6) is 0 Å². The molecule has 3 atom stereocenters. The van der Waals surface area contributed by atoms with Crippen molar-refractivity contribution in [1.82, 2.24) is 5.32 Å². The molecule has 0 aromatic heterocycles. The Labute approximate surface area is 128 Å². The van der Waals surface area contributed by atoms with Crippen LogP contribution >= 0.6 is 11.8 Å². The van der Waals surface area contributed by atoms with Crippen molar-refractivity contribution >= 4 is 11.8 Å². The molecule has 1 saturated carbocycles. The van der Waals surface area contributed by atoms with Crippen molar-refractivity contribution in [3.63, 3.8) is 0 Å². The van der Waals surface area contributed by atoms with E-state index in [1.165, 1.54) is 47.9 Å². The molecule has 0 heterocycles. The standard InChI is InChI=1S/C18H29NS/c1-12-9-13(2)18(14(3)10-12)15(4)19-16-7-6-8-17(11-16)20-5/h9-10,15-17,19H,6-8,11H2,1-5H3. The molecule has 0 aliphatic heterocycles. The van der Waals surface area contributed by atoms with Crippen LogP contribution in [-0.4, -0.2) is 17.5 Å². The van der Waals surface area contributed by atoms with Crippen molar-refractivity contribution in [1.29, 1.82) is 0 Å². The number of hydrogen-bond acceptors (Lipinski definition) is 2. The Morgan fingerprint density at radius 1 is 1.15 bits per heavy atom. The van der Waals surface area contributed by atoms with Crippen molar-refractivity contribution < 1.29 is 0 Å². The van der Waals surface area contributed by atoms with Crippen LogP contribution in [0.2, 0.25) is 0 Å².